The Kier molecular flexibility index (Phi) is 17.2. The normalized spacial score (nSPS) is 13.8. The van der Waals surface area contributed by atoms with E-state index in [0.717, 1.165) is 10.9 Å². The van der Waals surface area contributed by atoms with Crippen LogP contribution in [0.1, 0.15) is 44.1 Å². The molecule has 19 nitrogen and oxygen atoms in total. The fourth-order valence-electron chi connectivity index (χ4n) is 4.94. The maximum atomic E-state index is 13.5. The molecule has 1 heterocycles. The number of carboxylic acids is 1. The van der Waals surface area contributed by atoms with E-state index in [-0.39, 0.29) is 38.2 Å². The Bertz CT molecular complexity index is 1580. The smallest absolute Gasteiger partial charge is 0.303 e. The fourth-order valence-corrected chi connectivity index (χ4v) is 5.41. The number of hydrogen-bond donors (Lipinski definition) is 11. The predicted molar refractivity (Wildman–Crippen MR) is 190 cm³/mol. The summed E-state index contributed by atoms with van der Waals surface area (Å²) in [4.78, 5) is 95.6. The molecule has 1 aromatic heterocycles. The highest BCUT2D eigenvalue weighted by molar-refractivity contribution is 7.98. The molecule has 5 atom stereocenters. The zero-order valence-electron chi connectivity index (χ0n) is 28.2. The summed E-state index contributed by atoms with van der Waals surface area (Å²) >= 11 is 1.35. The molecule has 20 heteroatoms. The van der Waals surface area contributed by atoms with Crippen molar-refractivity contribution in [1.82, 2.24) is 26.3 Å². The second-order valence-corrected chi connectivity index (χ2v) is 12.6. The summed E-state index contributed by atoms with van der Waals surface area (Å²) in [6.45, 7) is 0.209. The minimum atomic E-state index is -1.56. The van der Waals surface area contributed by atoms with E-state index in [9.17, 15) is 38.7 Å². The van der Waals surface area contributed by atoms with Gasteiger partial charge in [-0.1, -0.05) is 18.2 Å². The van der Waals surface area contributed by atoms with Crippen molar-refractivity contribution in [2.24, 2.45) is 33.7 Å². The Morgan fingerprint density at radius 2 is 1.41 bits per heavy atom. The van der Waals surface area contributed by atoms with E-state index < -0.39 is 84.5 Å². The van der Waals surface area contributed by atoms with E-state index >= 15 is 0 Å². The summed E-state index contributed by atoms with van der Waals surface area (Å²) < 4.78 is 0. The number of primary amides is 2. The van der Waals surface area contributed by atoms with Crippen molar-refractivity contribution in [2.45, 2.75) is 75.2 Å². The first-order valence-corrected chi connectivity index (χ1v) is 17.4. The van der Waals surface area contributed by atoms with Gasteiger partial charge in [0, 0.05) is 36.5 Å². The maximum absolute atomic E-state index is 13.5. The number of para-hydroxylation sites is 1. The van der Waals surface area contributed by atoms with Gasteiger partial charge in [-0.2, -0.15) is 11.8 Å². The van der Waals surface area contributed by atoms with Gasteiger partial charge in [0.15, 0.2) is 5.96 Å². The lowest BCUT2D eigenvalue weighted by Gasteiger charge is -2.26. The molecule has 0 aliphatic carbocycles. The van der Waals surface area contributed by atoms with Crippen LogP contribution >= 0.6 is 11.8 Å². The quantitative estimate of drug-likeness (QED) is 0.0309. The lowest BCUT2D eigenvalue weighted by Crippen LogP contribution is -2.59. The number of aromatic nitrogens is 1. The highest BCUT2D eigenvalue weighted by atomic mass is 32.2. The number of aliphatic carboxylic acids is 1. The number of nitrogens with zero attached hydrogens (tertiary/aromatic N) is 1. The van der Waals surface area contributed by atoms with Crippen LogP contribution in [0.5, 0.6) is 0 Å². The van der Waals surface area contributed by atoms with E-state index in [1.807, 2.05) is 18.2 Å². The van der Waals surface area contributed by atoms with Crippen molar-refractivity contribution in [3.05, 3.63) is 36.0 Å². The Hall–Kier alpha value is -5.37. The number of carboxylic acid groups (broad SMARTS) is 1. The molecule has 0 saturated carbocycles. The van der Waals surface area contributed by atoms with E-state index in [0.29, 0.717) is 17.7 Å². The number of carbonyl (C=O) groups is 7. The summed E-state index contributed by atoms with van der Waals surface area (Å²) in [6.07, 6.45) is 2.47. The zero-order chi connectivity index (χ0) is 38.1. The van der Waals surface area contributed by atoms with Crippen LogP contribution in [0, 0.1) is 0 Å². The average molecular weight is 734 g/mol. The van der Waals surface area contributed by atoms with Crippen molar-refractivity contribution in [3.8, 4) is 0 Å². The van der Waals surface area contributed by atoms with Gasteiger partial charge in [0.25, 0.3) is 0 Å². The molecule has 0 aliphatic rings. The molecule has 51 heavy (non-hydrogen) atoms. The molecule has 6 amide bonds. The van der Waals surface area contributed by atoms with Gasteiger partial charge in [0.1, 0.15) is 24.2 Å². The molecule has 280 valence electrons. The number of rotatable bonds is 23. The van der Waals surface area contributed by atoms with Crippen LogP contribution < -0.4 is 49.9 Å². The van der Waals surface area contributed by atoms with Gasteiger partial charge in [-0.15, -0.1) is 0 Å². The summed E-state index contributed by atoms with van der Waals surface area (Å²) in [5, 5.41) is 19.9. The first kappa shape index (κ1) is 41.8. The number of amides is 6. The molecule has 0 unspecified atom stereocenters. The number of carbonyl (C=O) groups excluding carboxylic acids is 6. The minimum Gasteiger partial charge on any atom is -0.481 e. The van der Waals surface area contributed by atoms with Gasteiger partial charge in [-0.25, -0.2) is 0 Å². The minimum absolute atomic E-state index is 0.00188. The number of thioether (sulfide) groups is 1. The van der Waals surface area contributed by atoms with Crippen LogP contribution in [0.3, 0.4) is 0 Å². The molecule has 0 spiro atoms. The first-order valence-electron chi connectivity index (χ1n) is 16.0. The Balaban J connectivity index is 2.20. The number of benzene rings is 1. The van der Waals surface area contributed by atoms with Crippen molar-refractivity contribution < 1.29 is 38.7 Å². The Morgan fingerprint density at radius 3 is 2.02 bits per heavy atom. The van der Waals surface area contributed by atoms with Gasteiger partial charge in [-0.3, -0.25) is 38.6 Å². The monoisotopic (exact) mass is 733 g/mol. The molecule has 0 radical (unpaired) electrons. The van der Waals surface area contributed by atoms with Gasteiger partial charge < -0.3 is 60.0 Å². The third-order valence-corrected chi connectivity index (χ3v) is 8.27. The first-order chi connectivity index (χ1) is 24.1. The standard InChI is InChI=1S/C31H47N11O8S/c1-51-12-10-21(40-28(48)20(8-9-25(44)45)39-27(47)18(32)6-4-11-37-31(35)36)29(49)42-23(14-24(33)43)30(50)41-22(26(34)46)13-16-15-38-19-7-3-2-5-17(16)19/h2-3,5,7,15,18,20-23,38H,4,6,8-14,32H2,1H3,(H2,33,43)(H2,34,46)(H,39,47)(H,40,48)(H,41,50)(H,42,49)(H,44,45)(H4,35,36,37)/t18-,20-,21-,22-,23-/m0/s1. The number of nitrogens with two attached hydrogens (primary N) is 5. The van der Waals surface area contributed by atoms with E-state index in [4.69, 9.17) is 28.7 Å². The predicted octanol–water partition coefficient (Wildman–Crippen LogP) is -2.99. The lowest BCUT2D eigenvalue weighted by atomic mass is 10.0. The number of aromatic amines is 1. The van der Waals surface area contributed by atoms with Crippen LogP contribution in [-0.2, 0) is 40.0 Å². The molecule has 2 aromatic rings. The van der Waals surface area contributed by atoms with Gasteiger partial charge in [-0.05, 0) is 49.3 Å². The zero-order valence-corrected chi connectivity index (χ0v) is 29.0. The second-order valence-electron chi connectivity index (χ2n) is 11.7. The molecular formula is C31H47N11O8S. The molecule has 0 saturated heterocycles. The van der Waals surface area contributed by atoms with Crippen LogP contribution in [0.4, 0.5) is 0 Å². The van der Waals surface area contributed by atoms with Crippen molar-refractivity contribution in [2.75, 3.05) is 18.6 Å². The molecular weight excluding hydrogens is 686 g/mol. The largest absolute Gasteiger partial charge is 0.481 e. The van der Waals surface area contributed by atoms with E-state index in [2.05, 4.69) is 31.2 Å². The highest BCUT2D eigenvalue weighted by Crippen LogP contribution is 2.19. The lowest BCUT2D eigenvalue weighted by molar-refractivity contribution is -0.138. The number of hydrogen-bond acceptors (Lipinski definition) is 10. The molecule has 0 aliphatic heterocycles. The number of guanidine groups is 1. The molecule has 2 rings (SSSR count). The van der Waals surface area contributed by atoms with Crippen molar-refractivity contribution >= 4 is 70.0 Å². The Labute approximate surface area is 298 Å². The third kappa shape index (κ3) is 14.6. The van der Waals surface area contributed by atoms with Crippen LogP contribution in [0.15, 0.2) is 35.5 Å². The second kappa shape index (κ2) is 21.0. The fraction of sp³-hybridized carbons (Fsp3) is 0.484. The topological polar surface area (TPSA) is 346 Å². The Morgan fingerprint density at radius 1 is 0.824 bits per heavy atom. The van der Waals surface area contributed by atoms with Gasteiger partial charge >= 0.3 is 5.97 Å². The third-order valence-electron chi connectivity index (χ3n) is 7.63. The van der Waals surface area contributed by atoms with E-state index in [1.54, 1.807) is 18.5 Å². The molecule has 1 aromatic carbocycles. The van der Waals surface area contributed by atoms with E-state index in [1.165, 1.54) is 11.8 Å². The van der Waals surface area contributed by atoms with Crippen LogP contribution in [0.2, 0.25) is 0 Å². The van der Waals surface area contributed by atoms with Gasteiger partial charge in [0.05, 0.1) is 12.5 Å². The summed E-state index contributed by atoms with van der Waals surface area (Å²) in [5.41, 5.74) is 29.0. The van der Waals surface area contributed by atoms with Gasteiger partial charge in [0.2, 0.25) is 35.4 Å². The van der Waals surface area contributed by atoms with Crippen molar-refractivity contribution in [1.29, 1.82) is 0 Å². The number of fused-ring (bicyclic) bond motifs is 1. The SMILES string of the molecule is CSCC[C@H](NC(=O)[C@H](CCC(=O)O)NC(=O)[C@@H](N)CCCN=C(N)N)C(=O)N[C@@H](CC(N)=O)C(=O)N[C@@H](Cc1c[nH]c2ccccc12)C(N)=O. The number of nitrogens with one attached hydrogen (secondary N) is 5. The highest BCUT2D eigenvalue weighted by Gasteiger charge is 2.32. The van der Waals surface area contributed by atoms with Crippen LogP contribution in [-0.4, -0.2) is 106 Å². The maximum Gasteiger partial charge on any atom is 0.303 e. The van der Waals surface area contributed by atoms with Crippen LogP contribution in [0.25, 0.3) is 10.9 Å². The molecule has 16 N–H and O–H groups in total. The number of H-pyrrole nitrogens is 1. The molecule has 0 bridgehead atoms. The number of aliphatic imine (C=N–C) groups is 1. The summed E-state index contributed by atoms with van der Waals surface area (Å²) in [7, 11) is 0. The summed E-state index contributed by atoms with van der Waals surface area (Å²) in [6, 6.07) is 0.712. The van der Waals surface area contributed by atoms with Crippen molar-refractivity contribution in [3.63, 3.8) is 0 Å². The summed E-state index contributed by atoms with van der Waals surface area (Å²) in [5.74, 6) is -6.27. The molecule has 0 fully saturated rings. The average Bonchev–Trinajstić information content (AvgIpc) is 3.47.